The molecule has 0 fully saturated rings. The van der Waals surface area contributed by atoms with Crippen LogP contribution in [0.15, 0.2) is 0 Å². The van der Waals surface area contributed by atoms with Crippen molar-refractivity contribution in [3.63, 3.8) is 0 Å². The highest BCUT2D eigenvalue weighted by molar-refractivity contribution is 9.09. The topological polar surface area (TPSA) is 0 Å². The molecule has 0 amide bonds. The van der Waals surface area contributed by atoms with Gasteiger partial charge in [-0.25, -0.2) is 4.39 Å². The van der Waals surface area contributed by atoms with Gasteiger partial charge in [0.2, 0.25) is 0 Å². The third-order valence-corrected chi connectivity index (χ3v) is 1.47. The summed E-state index contributed by atoms with van der Waals surface area (Å²) < 4.78 is 12.2. The van der Waals surface area contributed by atoms with Gasteiger partial charge in [-0.05, 0) is 6.42 Å². The summed E-state index contributed by atoms with van der Waals surface area (Å²) in [6, 6.07) is 0. The van der Waals surface area contributed by atoms with Crippen LogP contribution in [0.3, 0.4) is 0 Å². The normalized spacial score (nSPS) is 12.6. The van der Waals surface area contributed by atoms with Crippen LogP contribution in [-0.2, 0) is 0 Å². The van der Waals surface area contributed by atoms with Crippen LogP contribution in [0.25, 0.3) is 0 Å². The van der Waals surface area contributed by atoms with E-state index in [0.29, 0.717) is 18.2 Å². The third kappa shape index (κ3) is 4.14. The van der Waals surface area contributed by atoms with Gasteiger partial charge in [-0.3, -0.25) is 0 Å². The highest BCUT2D eigenvalue weighted by Gasteiger charge is 2.00. The minimum atomic E-state index is -0.772. The standard InChI is InChI=1S/C6H8BrF/c1-2-3-4-6(8)5-7/h1,6H,3-5H2/t6-/m0/s1. The molecule has 0 aliphatic rings. The molecule has 46 valence electrons. The average Bonchev–Trinajstić information content (AvgIpc) is 1.83. The average molecular weight is 179 g/mol. The molecular weight excluding hydrogens is 171 g/mol. The van der Waals surface area contributed by atoms with Gasteiger partial charge in [0.05, 0.1) is 0 Å². The van der Waals surface area contributed by atoms with E-state index >= 15 is 0 Å². The van der Waals surface area contributed by atoms with E-state index in [9.17, 15) is 4.39 Å². The number of terminal acetylenes is 1. The van der Waals surface area contributed by atoms with Crippen molar-refractivity contribution in [3.8, 4) is 12.3 Å². The fourth-order valence-electron chi connectivity index (χ4n) is 0.317. The predicted octanol–water partition coefficient (Wildman–Crippen LogP) is 2.13. The molecule has 0 unspecified atom stereocenters. The number of hydrogen-bond acceptors (Lipinski definition) is 0. The van der Waals surface area contributed by atoms with Gasteiger partial charge in [0, 0.05) is 11.8 Å². The monoisotopic (exact) mass is 178 g/mol. The van der Waals surface area contributed by atoms with Crippen molar-refractivity contribution in [2.75, 3.05) is 5.33 Å². The van der Waals surface area contributed by atoms with Crippen LogP contribution in [0.5, 0.6) is 0 Å². The van der Waals surface area contributed by atoms with Gasteiger partial charge in [0.25, 0.3) is 0 Å². The summed E-state index contributed by atoms with van der Waals surface area (Å²) in [7, 11) is 0. The quantitative estimate of drug-likeness (QED) is 0.459. The van der Waals surface area contributed by atoms with Crippen LogP contribution < -0.4 is 0 Å². The largest absolute Gasteiger partial charge is 0.247 e. The molecule has 2 heteroatoms. The lowest BCUT2D eigenvalue weighted by molar-refractivity contribution is 0.352. The SMILES string of the molecule is C#CCC[C@H](F)CBr. The summed E-state index contributed by atoms with van der Waals surface area (Å²) in [6.07, 6.45) is 5.14. The van der Waals surface area contributed by atoms with Crippen molar-refractivity contribution in [3.05, 3.63) is 0 Å². The van der Waals surface area contributed by atoms with Crippen molar-refractivity contribution in [2.45, 2.75) is 19.0 Å². The molecule has 0 aromatic heterocycles. The maximum absolute atomic E-state index is 12.2. The van der Waals surface area contributed by atoms with E-state index in [-0.39, 0.29) is 0 Å². The molecule has 0 saturated heterocycles. The van der Waals surface area contributed by atoms with Crippen molar-refractivity contribution in [1.29, 1.82) is 0 Å². The van der Waals surface area contributed by atoms with Crippen molar-refractivity contribution >= 4 is 15.9 Å². The summed E-state index contributed by atoms with van der Waals surface area (Å²) in [4.78, 5) is 0. The van der Waals surface area contributed by atoms with Gasteiger partial charge in [-0.15, -0.1) is 12.3 Å². The zero-order valence-electron chi connectivity index (χ0n) is 4.53. The molecule has 0 aromatic rings. The second-order valence-corrected chi connectivity index (χ2v) is 2.14. The van der Waals surface area contributed by atoms with E-state index in [1.807, 2.05) is 0 Å². The number of hydrogen-bond donors (Lipinski definition) is 0. The molecule has 0 spiro atoms. The lowest BCUT2D eigenvalue weighted by atomic mass is 10.2. The summed E-state index contributed by atoms with van der Waals surface area (Å²) in [6.45, 7) is 0. The number of rotatable bonds is 3. The molecule has 0 nitrogen and oxygen atoms in total. The fourth-order valence-corrected chi connectivity index (χ4v) is 0.641. The molecule has 0 aliphatic carbocycles. The van der Waals surface area contributed by atoms with Gasteiger partial charge < -0.3 is 0 Å². The summed E-state index contributed by atoms with van der Waals surface area (Å²) >= 11 is 3.00. The molecule has 0 saturated carbocycles. The highest BCUT2D eigenvalue weighted by atomic mass is 79.9. The van der Waals surface area contributed by atoms with Gasteiger partial charge in [0.1, 0.15) is 6.17 Å². The molecule has 0 rings (SSSR count). The summed E-state index contributed by atoms with van der Waals surface area (Å²) in [5.74, 6) is 2.37. The van der Waals surface area contributed by atoms with Crippen LogP contribution in [0.2, 0.25) is 0 Å². The van der Waals surface area contributed by atoms with Crippen LogP contribution in [-0.4, -0.2) is 11.5 Å². The maximum Gasteiger partial charge on any atom is 0.111 e. The second-order valence-electron chi connectivity index (χ2n) is 1.49. The molecule has 0 heterocycles. The molecular formula is C6H8BrF. The first-order valence-corrected chi connectivity index (χ1v) is 3.57. The summed E-state index contributed by atoms with van der Waals surface area (Å²) in [5, 5.41) is 0.397. The Kier molecular flexibility index (Phi) is 5.09. The van der Waals surface area contributed by atoms with Gasteiger partial charge in [-0.2, -0.15) is 0 Å². The molecule has 0 N–H and O–H groups in total. The molecule has 0 bridgehead atoms. The number of alkyl halides is 2. The third-order valence-electron chi connectivity index (χ3n) is 0.769. The van der Waals surface area contributed by atoms with E-state index < -0.39 is 6.17 Å². The van der Waals surface area contributed by atoms with E-state index in [4.69, 9.17) is 6.42 Å². The molecule has 1 atom stereocenters. The van der Waals surface area contributed by atoms with Crippen LogP contribution in [0.4, 0.5) is 4.39 Å². The zero-order chi connectivity index (χ0) is 6.41. The Morgan fingerprint density at radius 3 is 2.75 bits per heavy atom. The first-order valence-electron chi connectivity index (χ1n) is 2.44. The van der Waals surface area contributed by atoms with E-state index in [1.165, 1.54) is 0 Å². The van der Waals surface area contributed by atoms with Crippen molar-refractivity contribution in [2.24, 2.45) is 0 Å². The fraction of sp³-hybridized carbons (Fsp3) is 0.667. The molecule has 0 radical (unpaired) electrons. The second kappa shape index (κ2) is 5.11. The minimum Gasteiger partial charge on any atom is -0.247 e. The Morgan fingerprint density at radius 2 is 2.38 bits per heavy atom. The Morgan fingerprint density at radius 1 is 1.75 bits per heavy atom. The minimum absolute atomic E-state index is 0.397. The Bertz CT molecular complexity index is 85.0. The van der Waals surface area contributed by atoms with E-state index in [0.717, 1.165) is 0 Å². The number of halogens is 2. The zero-order valence-corrected chi connectivity index (χ0v) is 6.12. The van der Waals surface area contributed by atoms with Gasteiger partial charge in [-0.1, -0.05) is 15.9 Å². The van der Waals surface area contributed by atoms with Crippen molar-refractivity contribution < 1.29 is 4.39 Å². The first kappa shape index (κ1) is 7.97. The first-order chi connectivity index (χ1) is 3.81. The van der Waals surface area contributed by atoms with Crippen LogP contribution in [0, 0.1) is 12.3 Å². The molecule has 8 heavy (non-hydrogen) atoms. The maximum atomic E-state index is 12.2. The van der Waals surface area contributed by atoms with Gasteiger partial charge in [0.15, 0.2) is 0 Å². The van der Waals surface area contributed by atoms with Crippen LogP contribution in [0.1, 0.15) is 12.8 Å². The van der Waals surface area contributed by atoms with E-state index in [1.54, 1.807) is 0 Å². The summed E-state index contributed by atoms with van der Waals surface area (Å²) in [5.41, 5.74) is 0. The lowest BCUT2D eigenvalue weighted by Gasteiger charge is -1.96. The predicted molar refractivity (Wildman–Crippen MR) is 36.8 cm³/mol. The van der Waals surface area contributed by atoms with E-state index in [2.05, 4.69) is 21.9 Å². The smallest absolute Gasteiger partial charge is 0.111 e. The Labute approximate surface area is 57.6 Å². The molecule has 0 aromatic carbocycles. The van der Waals surface area contributed by atoms with Crippen molar-refractivity contribution in [1.82, 2.24) is 0 Å². The molecule has 0 aliphatic heterocycles. The Hall–Kier alpha value is -0.0300. The Balaban J connectivity index is 3.01. The lowest BCUT2D eigenvalue weighted by Crippen LogP contribution is -1.99. The van der Waals surface area contributed by atoms with Crippen LogP contribution >= 0.6 is 15.9 Å². The highest BCUT2D eigenvalue weighted by Crippen LogP contribution is 2.03. The van der Waals surface area contributed by atoms with Gasteiger partial charge >= 0.3 is 0 Å².